The summed E-state index contributed by atoms with van der Waals surface area (Å²) >= 11 is 0. The highest BCUT2D eigenvalue weighted by Gasteiger charge is 2.34. The van der Waals surface area contributed by atoms with Crippen LogP contribution in [0.15, 0.2) is 0 Å². The first-order valence-electron chi connectivity index (χ1n) is 4.95. The maximum atomic E-state index is 12.0. The molecule has 0 aliphatic carbocycles. The van der Waals surface area contributed by atoms with Crippen molar-refractivity contribution in [2.24, 2.45) is 0 Å². The molecule has 0 aliphatic rings. The van der Waals surface area contributed by atoms with Crippen LogP contribution in [0.5, 0.6) is 0 Å². The zero-order chi connectivity index (χ0) is 12.1. The Balaban J connectivity index is 4.02. The van der Waals surface area contributed by atoms with Gasteiger partial charge in [-0.1, -0.05) is 6.92 Å². The predicted octanol–water partition coefficient (Wildman–Crippen LogP) is 3.49. The smallest absolute Gasteiger partial charge is 0.388 e. The average molecular weight is 242 g/mol. The fourth-order valence-electron chi connectivity index (χ4n) is 1.06. The molecule has 0 amide bonds. The Bertz CT molecular complexity index is 214. The molecule has 0 aromatic heterocycles. The van der Waals surface area contributed by atoms with E-state index in [2.05, 4.69) is 0 Å². The van der Waals surface area contributed by atoms with E-state index >= 15 is 0 Å². The van der Waals surface area contributed by atoms with Crippen LogP contribution in [0.1, 0.15) is 26.2 Å². The summed E-state index contributed by atoms with van der Waals surface area (Å²) in [5.41, 5.74) is 0. The zero-order valence-electron chi connectivity index (χ0n) is 9.28. The fraction of sp³-hybridized carbons (Fsp3) is 0.889. The van der Waals surface area contributed by atoms with Crippen molar-refractivity contribution in [2.45, 2.75) is 51.5 Å². The predicted molar refractivity (Wildman–Crippen MR) is 54.0 cm³/mol. The van der Waals surface area contributed by atoms with E-state index in [4.69, 9.17) is 4.43 Å². The van der Waals surface area contributed by atoms with Gasteiger partial charge in [0.15, 0.2) is 0 Å². The quantitative estimate of drug-likeness (QED) is 0.690. The van der Waals surface area contributed by atoms with Gasteiger partial charge in [-0.25, -0.2) is 0 Å². The first kappa shape index (κ1) is 14.5. The standard InChI is InChI=1S/C9H17F3O2Si/c1-4-5-8(13)14-15(2,3)7-6-9(10,11)12/h4-7H2,1-3H3. The normalized spacial score (nSPS) is 12.7. The van der Waals surface area contributed by atoms with Crippen LogP contribution in [0.3, 0.4) is 0 Å². The van der Waals surface area contributed by atoms with Crippen molar-refractivity contribution in [3.63, 3.8) is 0 Å². The molecule has 6 heteroatoms. The molecule has 0 fully saturated rings. The maximum Gasteiger partial charge on any atom is 0.388 e. The molecule has 0 heterocycles. The number of carbonyl (C=O) groups is 1. The minimum Gasteiger partial charge on any atom is -0.520 e. The molecule has 2 nitrogen and oxygen atoms in total. The Morgan fingerprint density at radius 2 is 1.87 bits per heavy atom. The van der Waals surface area contributed by atoms with E-state index in [-0.39, 0.29) is 18.4 Å². The van der Waals surface area contributed by atoms with Gasteiger partial charge in [0.25, 0.3) is 5.97 Å². The molecule has 0 aromatic rings. The van der Waals surface area contributed by atoms with Crippen molar-refractivity contribution >= 4 is 14.3 Å². The summed E-state index contributed by atoms with van der Waals surface area (Å²) in [6, 6.07) is -0.0635. The van der Waals surface area contributed by atoms with Crippen molar-refractivity contribution in [3.05, 3.63) is 0 Å². The highest BCUT2D eigenvalue weighted by atomic mass is 28.4. The van der Waals surface area contributed by atoms with Crippen molar-refractivity contribution < 1.29 is 22.4 Å². The summed E-state index contributed by atoms with van der Waals surface area (Å²) in [5.74, 6) is -0.378. The minimum absolute atomic E-state index is 0.0635. The van der Waals surface area contributed by atoms with Crippen LogP contribution in [-0.4, -0.2) is 20.5 Å². The number of rotatable bonds is 5. The first-order chi connectivity index (χ1) is 6.66. The second-order valence-electron chi connectivity index (χ2n) is 4.10. The molecule has 15 heavy (non-hydrogen) atoms. The van der Waals surface area contributed by atoms with Gasteiger partial charge < -0.3 is 4.43 Å². The van der Waals surface area contributed by atoms with E-state index in [1.807, 2.05) is 6.92 Å². The van der Waals surface area contributed by atoms with Gasteiger partial charge in [-0.3, -0.25) is 4.79 Å². The molecular formula is C9H17F3O2Si. The van der Waals surface area contributed by atoms with Crippen LogP contribution in [-0.2, 0) is 9.22 Å². The molecule has 0 spiro atoms. The Morgan fingerprint density at radius 3 is 2.27 bits per heavy atom. The Hall–Kier alpha value is -0.523. The largest absolute Gasteiger partial charge is 0.520 e. The van der Waals surface area contributed by atoms with Gasteiger partial charge in [-0.15, -0.1) is 0 Å². The molecule has 0 unspecified atom stereocenters. The molecule has 0 atom stereocenters. The molecule has 0 N–H and O–H groups in total. The monoisotopic (exact) mass is 242 g/mol. The molecule has 0 aliphatic heterocycles. The van der Waals surface area contributed by atoms with Crippen molar-refractivity contribution in [1.29, 1.82) is 0 Å². The van der Waals surface area contributed by atoms with Crippen molar-refractivity contribution in [3.8, 4) is 0 Å². The van der Waals surface area contributed by atoms with Crippen molar-refractivity contribution in [2.75, 3.05) is 0 Å². The number of carbonyl (C=O) groups excluding carboxylic acids is 1. The summed E-state index contributed by atoms with van der Waals surface area (Å²) in [5, 5.41) is 0. The lowest BCUT2D eigenvalue weighted by atomic mass is 10.4. The lowest BCUT2D eigenvalue weighted by Gasteiger charge is -2.23. The fourth-order valence-corrected chi connectivity index (χ4v) is 2.76. The number of alkyl halides is 3. The summed E-state index contributed by atoms with van der Waals surface area (Å²) < 4.78 is 40.9. The van der Waals surface area contributed by atoms with Gasteiger partial charge in [-0.05, 0) is 25.6 Å². The molecule has 0 saturated heterocycles. The Morgan fingerprint density at radius 1 is 1.33 bits per heavy atom. The third-order valence-electron chi connectivity index (χ3n) is 1.85. The third-order valence-corrected chi connectivity index (χ3v) is 4.09. The van der Waals surface area contributed by atoms with Gasteiger partial charge in [-0.2, -0.15) is 13.2 Å². The number of hydrogen-bond acceptors (Lipinski definition) is 2. The number of hydrogen-bond donors (Lipinski definition) is 0. The van der Waals surface area contributed by atoms with Crippen LogP contribution in [0.2, 0.25) is 19.1 Å². The zero-order valence-corrected chi connectivity index (χ0v) is 10.3. The van der Waals surface area contributed by atoms with E-state index < -0.39 is 20.9 Å². The van der Waals surface area contributed by atoms with Gasteiger partial charge in [0, 0.05) is 12.8 Å². The second kappa shape index (κ2) is 5.53. The molecule has 0 aromatic carbocycles. The van der Waals surface area contributed by atoms with Crippen LogP contribution >= 0.6 is 0 Å². The Labute approximate surface area is 88.9 Å². The SMILES string of the molecule is CCCC(=O)O[Si](C)(C)CCC(F)(F)F. The van der Waals surface area contributed by atoms with E-state index in [0.29, 0.717) is 6.42 Å². The summed E-state index contributed by atoms with van der Waals surface area (Å²) in [6.07, 6.45) is -4.10. The summed E-state index contributed by atoms with van der Waals surface area (Å²) in [4.78, 5) is 11.1. The Kier molecular flexibility index (Phi) is 5.34. The highest BCUT2D eigenvalue weighted by Crippen LogP contribution is 2.26. The molecule has 0 rings (SSSR count). The molecule has 0 saturated carbocycles. The van der Waals surface area contributed by atoms with E-state index in [1.54, 1.807) is 13.1 Å². The van der Waals surface area contributed by atoms with Crippen LogP contribution in [0.25, 0.3) is 0 Å². The maximum absolute atomic E-state index is 12.0. The second-order valence-corrected chi connectivity index (χ2v) is 8.32. The van der Waals surface area contributed by atoms with Crippen molar-refractivity contribution in [1.82, 2.24) is 0 Å². The van der Waals surface area contributed by atoms with Gasteiger partial charge >= 0.3 is 6.18 Å². The molecular weight excluding hydrogens is 225 g/mol. The lowest BCUT2D eigenvalue weighted by molar-refractivity contribution is -0.137. The lowest BCUT2D eigenvalue weighted by Crippen LogP contribution is -2.34. The van der Waals surface area contributed by atoms with Gasteiger partial charge in [0.2, 0.25) is 8.32 Å². The van der Waals surface area contributed by atoms with Gasteiger partial charge in [0.05, 0.1) is 0 Å². The summed E-state index contributed by atoms with van der Waals surface area (Å²) in [7, 11) is -2.48. The molecule has 0 radical (unpaired) electrons. The number of halogens is 3. The molecule has 0 bridgehead atoms. The average Bonchev–Trinajstić information content (AvgIpc) is 1.99. The first-order valence-corrected chi connectivity index (χ1v) is 8.06. The van der Waals surface area contributed by atoms with Gasteiger partial charge in [0.1, 0.15) is 0 Å². The van der Waals surface area contributed by atoms with Crippen LogP contribution in [0.4, 0.5) is 13.2 Å². The van der Waals surface area contributed by atoms with Crippen LogP contribution < -0.4 is 0 Å². The third kappa shape index (κ3) is 8.47. The highest BCUT2D eigenvalue weighted by molar-refractivity contribution is 6.72. The van der Waals surface area contributed by atoms with Crippen LogP contribution in [0, 0.1) is 0 Å². The minimum atomic E-state index is -4.17. The topological polar surface area (TPSA) is 26.3 Å². The van der Waals surface area contributed by atoms with E-state index in [0.717, 1.165) is 0 Å². The van der Waals surface area contributed by atoms with E-state index in [9.17, 15) is 18.0 Å². The summed E-state index contributed by atoms with van der Waals surface area (Å²) in [6.45, 7) is 5.09. The van der Waals surface area contributed by atoms with E-state index in [1.165, 1.54) is 0 Å². The molecule has 90 valence electrons.